The maximum Gasteiger partial charge on any atom is 0.337 e. The fourth-order valence-electron chi connectivity index (χ4n) is 5.14. The zero-order valence-corrected chi connectivity index (χ0v) is 23.8. The molecule has 0 spiro atoms. The Balaban J connectivity index is 1.31. The number of carbonyl (C=O) groups excluding carboxylic acids is 2. The van der Waals surface area contributed by atoms with Crippen molar-refractivity contribution < 1.29 is 14.3 Å². The van der Waals surface area contributed by atoms with Crippen LogP contribution in [0.4, 0.5) is 0 Å². The van der Waals surface area contributed by atoms with Gasteiger partial charge in [-0.3, -0.25) is 4.79 Å². The highest BCUT2D eigenvalue weighted by Gasteiger charge is 2.15. The first-order valence-electron chi connectivity index (χ1n) is 13.3. The molecule has 3 aromatic carbocycles. The Labute approximate surface area is 239 Å². The normalized spacial score (nSPS) is 11.1. The van der Waals surface area contributed by atoms with Crippen molar-refractivity contribution in [3.05, 3.63) is 130 Å². The SMILES string of the molecule is COC(=O)c1ccc(-n2c(C)cc(/C=N/NC(=O)c3ccc(-n4c(C)ccc4-c4ccccc4)cc3)c2C)c(C)c1. The van der Waals surface area contributed by atoms with Gasteiger partial charge in [0, 0.05) is 39.6 Å². The highest BCUT2D eigenvalue weighted by Crippen LogP contribution is 2.27. The lowest BCUT2D eigenvalue weighted by atomic mass is 10.1. The predicted molar refractivity (Wildman–Crippen MR) is 162 cm³/mol. The van der Waals surface area contributed by atoms with Crippen molar-refractivity contribution in [1.82, 2.24) is 14.6 Å². The van der Waals surface area contributed by atoms with Crippen LogP contribution in [0.2, 0.25) is 0 Å². The number of hydrogen-bond acceptors (Lipinski definition) is 4. The van der Waals surface area contributed by atoms with Crippen molar-refractivity contribution in [3.63, 3.8) is 0 Å². The molecule has 41 heavy (non-hydrogen) atoms. The third kappa shape index (κ3) is 5.47. The van der Waals surface area contributed by atoms with Gasteiger partial charge in [-0.2, -0.15) is 5.10 Å². The van der Waals surface area contributed by atoms with Crippen LogP contribution in [-0.4, -0.2) is 34.3 Å². The van der Waals surface area contributed by atoms with Gasteiger partial charge in [0.25, 0.3) is 5.91 Å². The number of rotatable bonds is 7. The van der Waals surface area contributed by atoms with Gasteiger partial charge in [0.2, 0.25) is 0 Å². The number of methoxy groups -OCH3 is 1. The van der Waals surface area contributed by atoms with Gasteiger partial charge in [-0.1, -0.05) is 30.3 Å². The molecule has 7 nitrogen and oxygen atoms in total. The molecule has 0 bridgehead atoms. The van der Waals surface area contributed by atoms with Crippen molar-refractivity contribution in [1.29, 1.82) is 0 Å². The second-order valence-corrected chi connectivity index (χ2v) is 9.96. The third-order valence-corrected chi connectivity index (χ3v) is 7.23. The predicted octanol–water partition coefficient (Wildman–Crippen LogP) is 6.72. The van der Waals surface area contributed by atoms with E-state index >= 15 is 0 Å². The first-order valence-corrected chi connectivity index (χ1v) is 13.3. The number of aryl methyl sites for hydroxylation is 3. The van der Waals surface area contributed by atoms with E-state index in [1.807, 2.05) is 69.3 Å². The Kier molecular flexibility index (Phi) is 7.70. The van der Waals surface area contributed by atoms with Crippen LogP contribution in [0.5, 0.6) is 0 Å². The molecule has 0 aliphatic carbocycles. The summed E-state index contributed by atoms with van der Waals surface area (Å²) in [5, 5.41) is 4.23. The summed E-state index contributed by atoms with van der Waals surface area (Å²) < 4.78 is 9.11. The smallest absolute Gasteiger partial charge is 0.337 e. The average Bonchev–Trinajstić information content (AvgIpc) is 3.51. The van der Waals surface area contributed by atoms with Crippen molar-refractivity contribution in [2.24, 2.45) is 5.10 Å². The molecule has 5 rings (SSSR count). The third-order valence-electron chi connectivity index (χ3n) is 7.23. The number of aromatic nitrogens is 2. The number of nitrogens with one attached hydrogen (secondary N) is 1. The van der Waals surface area contributed by atoms with Gasteiger partial charge in [0.05, 0.1) is 24.6 Å². The molecule has 2 heterocycles. The van der Waals surface area contributed by atoms with E-state index in [0.29, 0.717) is 11.1 Å². The summed E-state index contributed by atoms with van der Waals surface area (Å²) in [6, 6.07) is 29.4. The number of amides is 1. The van der Waals surface area contributed by atoms with Gasteiger partial charge < -0.3 is 13.9 Å². The average molecular weight is 545 g/mol. The first-order chi connectivity index (χ1) is 19.8. The summed E-state index contributed by atoms with van der Waals surface area (Å²) in [6.45, 7) is 8.03. The molecule has 0 unspecified atom stereocenters. The van der Waals surface area contributed by atoms with Gasteiger partial charge in [-0.05, 0) is 99.5 Å². The summed E-state index contributed by atoms with van der Waals surface area (Å²) in [5.74, 6) is -0.654. The Morgan fingerprint density at radius 1 is 0.780 bits per heavy atom. The fraction of sp³-hybridized carbons (Fsp3) is 0.147. The van der Waals surface area contributed by atoms with Gasteiger partial charge in [0.15, 0.2) is 0 Å². The highest BCUT2D eigenvalue weighted by molar-refractivity contribution is 5.95. The van der Waals surface area contributed by atoms with Crippen LogP contribution < -0.4 is 5.43 Å². The molecule has 1 amide bonds. The maximum absolute atomic E-state index is 12.8. The molecule has 2 aromatic heterocycles. The molecule has 0 atom stereocenters. The Morgan fingerprint density at radius 3 is 2.17 bits per heavy atom. The molecular weight excluding hydrogens is 512 g/mol. The van der Waals surface area contributed by atoms with Gasteiger partial charge in [-0.15, -0.1) is 0 Å². The number of carbonyl (C=O) groups is 2. The standard InChI is InChI=1S/C34H32N4O3/c1-22-19-28(34(40)41-5)14-18-31(22)37-24(3)20-29(25(37)4)21-35-36-33(39)27-12-15-30(16-13-27)38-23(2)11-17-32(38)26-9-7-6-8-10-26/h6-21H,1-5H3,(H,36,39)/b35-21+. The zero-order valence-electron chi connectivity index (χ0n) is 23.8. The van der Waals surface area contributed by atoms with Crippen LogP contribution in [0.1, 0.15) is 48.9 Å². The summed E-state index contributed by atoms with van der Waals surface area (Å²) in [4.78, 5) is 24.7. The van der Waals surface area contributed by atoms with Crippen LogP contribution in [0.25, 0.3) is 22.6 Å². The first kappa shape index (κ1) is 27.4. The van der Waals surface area contributed by atoms with Crippen LogP contribution in [0.3, 0.4) is 0 Å². The van der Waals surface area contributed by atoms with Crippen LogP contribution in [-0.2, 0) is 4.74 Å². The second kappa shape index (κ2) is 11.5. The van der Waals surface area contributed by atoms with E-state index in [4.69, 9.17) is 4.74 Å². The highest BCUT2D eigenvalue weighted by atomic mass is 16.5. The molecule has 1 N–H and O–H groups in total. The Hall–Kier alpha value is -5.17. The summed E-state index contributed by atoms with van der Waals surface area (Å²) >= 11 is 0. The van der Waals surface area contributed by atoms with E-state index in [9.17, 15) is 9.59 Å². The van der Waals surface area contributed by atoms with E-state index in [-0.39, 0.29) is 11.9 Å². The van der Waals surface area contributed by atoms with Gasteiger partial charge in [-0.25, -0.2) is 10.2 Å². The van der Waals surface area contributed by atoms with E-state index in [0.717, 1.165) is 50.8 Å². The summed E-state index contributed by atoms with van der Waals surface area (Å²) in [5.41, 5.74) is 12.8. The number of hydrogen-bond donors (Lipinski definition) is 1. The Morgan fingerprint density at radius 2 is 1.49 bits per heavy atom. The summed E-state index contributed by atoms with van der Waals surface area (Å²) in [6.07, 6.45) is 1.65. The lowest BCUT2D eigenvalue weighted by molar-refractivity contribution is 0.0600. The fourth-order valence-corrected chi connectivity index (χ4v) is 5.14. The molecule has 0 radical (unpaired) electrons. The van der Waals surface area contributed by atoms with Crippen molar-refractivity contribution in [2.75, 3.05) is 7.11 Å². The Bertz CT molecular complexity index is 1760. The molecule has 206 valence electrons. The number of ether oxygens (including phenoxy) is 1. The largest absolute Gasteiger partial charge is 0.465 e. The quantitative estimate of drug-likeness (QED) is 0.140. The minimum atomic E-state index is -0.365. The maximum atomic E-state index is 12.8. The zero-order chi connectivity index (χ0) is 29.1. The molecule has 5 aromatic rings. The minimum absolute atomic E-state index is 0.289. The van der Waals surface area contributed by atoms with Crippen molar-refractivity contribution in [3.8, 4) is 22.6 Å². The minimum Gasteiger partial charge on any atom is -0.465 e. The van der Waals surface area contributed by atoms with Crippen LogP contribution in [0, 0.1) is 27.7 Å². The van der Waals surface area contributed by atoms with Crippen molar-refractivity contribution in [2.45, 2.75) is 27.7 Å². The molecule has 0 saturated carbocycles. The van der Waals surface area contributed by atoms with Gasteiger partial charge in [0.1, 0.15) is 0 Å². The lowest BCUT2D eigenvalue weighted by Gasteiger charge is -2.13. The van der Waals surface area contributed by atoms with E-state index in [2.05, 4.69) is 50.9 Å². The molecule has 0 fully saturated rings. The van der Waals surface area contributed by atoms with Gasteiger partial charge >= 0.3 is 5.97 Å². The van der Waals surface area contributed by atoms with Crippen LogP contribution in [0.15, 0.2) is 96.1 Å². The summed E-state index contributed by atoms with van der Waals surface area (Å²) in [7, 11) is 1.37. The number of nitrogens with zero attached hydrogens (tertiary/aromatic N) is 3. The number of hydrazone groups is 1. The molecular formula is C34H32N4O3. The van der Waals surface area contributed by atoms with Crippen LogP contribution >= 0.6 is 0 Å². The van der Waals surface area contributed by atoms with E-state index < -0.39 is 0 Å². The number of esters is 1. The number of benzene rings is 3. The van der Waals surface area contributed by atoms with Crippen molar-refractivity contribution >= 4 is 18.1 Å². The van der Waals surface area contributed by atoms with E-state index in [1.165, 1.54) is 7.11 Å². The second-order valence-electron chi connectivity index (χ2n) is 9.96. The topological polar surface area (TPSA) is 77.6 Å². The monoisotopic (exact) mass is 544 g/mol. The lowest BCUT2D eigenvalue weighted by Crippen LogP contribution is -2.17. The van der Waals surface area contributed by atoms with E-state index in [1.54, 1.807) is 24.4 Å². The molecule has 0 aliphatic heterocycles. The molecule has 0 saturated heterocycles. The molecule has 7 heteroatoms. The molecule has 0 aliphatic rings.